The first kappa shape index (κ1) is 23.4. The van der Waals surface area contributed by atoms with Gasteiger partial charge < -0.3 is 10.9 Å². The normalized spacial score (nSPS) is 9.23. The minimum atomic E-state index is 0. The molecule has 0 aliphatic rings. The number of rotatable bonds is 3. The van der Waals surface area contributed by atoms with E-state index in [2.05, 4.69) is 52.0 Å². The van der Waals surface area contributed by atoms with E-state index in [4.69, 9.17) is 4.74 Å². The van der Waals surface area contributed by atoms with E-state index in [1.807, 2.05) is 30.3 Å². The number of hydrogen-bond acceptors (Lipinski definition) is 1. The Morgan fingerprint density at radius 2 is 1.59 bits per heavy atom. The second-order valence-corrected chi connectivity index (χ2v) is 5.32. The molecule has 2 N–H and O–H groups in total. The van der Waals surface area contributed by atoms with Gasteiger partial charge in [0.15, 0.2) is 0 Å². The summed E-state index contributed by atoms with van der Waals surface area (Å²) in [5.41, 5.74) is 2.73. The van der Waals surface area contributed by atoms with Crippen molar-refractivity contribution in [3.63, 3.8) is 0 Å². The van der Waals surface area contributed by atoms with E-state index in [9.17, 15) is 0 Å². The summed E-state index contributed by atoms with van der Waals surface area (Å²) in [6, 6.07) is 20.1. The van der Waals surface area contributed by atoms with Crippen LogP contribution >= 0.6 is 0 Å². The maximum Gasteiger partial charge on any atom is 3.00 e. The molecular formula is C19H26NOZr. The zero-order valence-corrected chi connectivity index (χ0v) is 16.6. The molecule has 117 valence electrons. The van der Waals surface area contributed by atoms with Crippen molar-refractivity contribution in [3.05, 3.63) is 71.9 Å². The van der Waals surface area contributed by atoms with Crippen molar-refractivity contribution in [2.45, 2.75) is 39.5 Å². The summed E-state index contributed by atoms with van der Waals surface area (Å²) in [6.07, 6.45) is 0. The molecule has 2 rings (SSSR count). The van der Waals surface area contributed by atoms with Gasteiger partial charge in [-0.15, -0.1) is 12.1 Å². The summed E-state index contributed by atoms with van der Waals surface area (Å²) in [7, 11) is 1.63. The van der Waals surface area contributed by atoms with E-state index >= 15 is 0 Å². The van der Waals surface area contributed by atoms with Crippen molar-refractivity contribution in [1.29, 1.82) is 0 Å². The van der Waals surface area contributed by atoms with Crippen molar-refractivity contribution in [1.82, 2.24) is 0 Å². The molecule has 0 spiro atoms. The van der Waals surface area contributed by atoms with E-state index in [1.54, 1.807) is 7.11 Å². The van der Waals surface area contributed by atoms with Crippen molar-refractivity contribution in [3.8, 4) is 5.75 Å². The van der Waals surface area contributed by atoms with E-state index in [0.29, 0.717) is 11.8 Å². The van der Waals surface area contributed by atoms with Crippen LogP contribution in [0.1, 0.15) is 50.7 Å². The third kappa shape index (κ3) is 8.51. The first-order chi connectivity index (χ1) is 9.54. The number of benzene rings is 2. The summed E-state index contributed by atoms with van der Waals surface area (Å²) in [5, 5.41) is 0. The predicted molar refractivity (Wildman–Crippen MR) is 90.6 cm³/mol. The fraction of sp³-hybridized carbons (Fsp3) is 0.368. The summed E-state index contributed by atoms with van der Waals surface area (Å²) in [6.45, 7) is 8.85. The van der Waals surface area contributed by atoms with Gasteiger partial charge in [0.2, 0.25) is 0 Å². The van der Waals surface area contributed by atoms with Crippen LogP contribution in [0.25, 0.3) is 6.15 Å². The Kier molecular flexibility index (Phi) is 13.4. The van der Waals surface area contributed by atoms with Crippen LogP contribution in [-0.4, -0.2) is 7.11 Å². The third-order valence-electron chi connectivity index (χ3n) is 3.04. The first-order valence-corrected chi connectivity index (χ1v) is 7.06. The van der Waals surface area contributed by atoms with Crippen LogP contribution in [-0.2, 0) is 26.2 Å². The van der Waals surface area contributed by atoms with Gasteiger partial charge in [-0.05, 0) is 11.8 Å². The SMILES string of the molecule is CC(C)c1[c-]ccc(C(C)C)c1.COc1[c-]cccc1.[NH2-].[Zr+3]. The van der Waals surface area contributed by atoms with Gasteiger partial charge >= 0.3 is 26.2 Å². The largest absolute Gasteiger partial charge is 3.00 e. The Bertz CT molecular complexity index is 475. The maximum atomic E-state index is 4.86. The van der Waals surface area contributed by atoms with Crippen molar-refractivity contribution in [2.24, 2.45) is 0 Å². The van der Waals surface area contributed by atoms with Crippen LogP contribution in [0.15, 0.2) is 42.5 Å². The van der Waals surface area contributed by atoms with Gasteiger partial charge in [0.1, 0.15) is 0 Å². The van der Waals surface area contributed by atoms with Crippen molar-refractivity contribution in [2.75, 3.05) is 7.11 Å². The molecule has 22 heavy (non-hydrogen) atoms. The molecule has 0 fully saturated rings. The monoisotopic (exact) mass is 374 g/mol. The van der Waals surface area contributed by atoms with Crippen LogP contribution in [0.3, 0.4) is 0 Å². The van der Waals surface area contributed by atoms with Gasteiger partial charge in [-0.3, -0.25) is 0 Å². The molecular weight excluding hydrogens is 349 g/mol. The van der Waals surface area contributed by atoms with Crippen LogP contribution in [0.4, 0.5) is 0 Å². The van der Waals surface area contributed by atoms with Crippen molar-refractivity contribution < 1.29 is 30.9 Å². The molecule has 0 unspecified atom stereocenters. The molecule has 0 saturated carbocycles. The number of nitrogens with two attached hydrogens (primary N) is 1. The Hall–Kier alpha value is -0.917. The van der Waals surface area contributed by atoms with Gasteiger partial charge in [-0.25, -0.2) is 0 Å². The molecule has 0 amide bonds. The molecule has 0 bridgehead atoms. The molecule has 0 saturated heterocycles. The van der Waals surface area contributed by atoms with Crippen molar-refractivity contribution >= 4 is 0 Å². The summed E-state index contributed by atoms with van der Waals surface area (Å²) >= 11 is 0. The fourth-order valence-electron chi connectivity index (χ4n) is 1.70. The van der Waals surface area contributed by atoms with Gasteiger partial charge in [0.05, 0.1) is 7.11 Å². The summed E-state index contributed by atoms with van der Waals surface area (Å²) in [4.78, 5) is 0. The molecule has 3 heteroatoms. The maximum absolute atomic E-state index is 4.86. The summed E-state index contributed by atoms with van der Waals surface area (Å²) in [5.74, 6) is 1.99. The summed E-state index contributed by atoms with van der Waals surface area (Å²) < 4.78 is 4.86. The number of methoxy groups -OCH3 is 1. The first-order valence-electron chi connectivity index (χ1n) is 7.06. The molecule has 2 aromatic rings. The van der Waals surface area contributed by atoms with Crippen LogP contribution in [0, 0.1) is 12.1 Å². The molecule has 1 radical (unpaired) electrons. The minimum Gasteiger partial charge on any atom is -0.693 e. The number of hydrogen-bond donors (Lipinski definition) is 0. The fourth-order valence-corrected chi connectivity index (χ4v) is 1.70. The molecule has 2 nitrogen and oxygen atoms in total. The van der Waals surface area contributed by atoms with E-state index in [1.165, 1.54) is 11.1 Å². The van der Waals surface area contributed by atoms with Gasteiger partial charge in [-0.2, -0.15) is 53.6 Å². The minimum absolute atomic E-state index is 0. The molecule has 0 aromatic heterocycles. The average molecular weight is 376 g/mol. The second kappa shape index (κ2) is 12.6. The zero-order chi connectivity index (χ0) is 15.0. The molecule has 0 aliphatic heterocycles. The standard InChI is InChI=1S/C12H17.C7H7O.H2N.Zr/c1-9(2)11-6-5-7-12(8-11)10(3)4;1-8-7-5-3-2-4-6-7;;/h5-6,8-10H,1-4H3;2-5H,1H3;1H2;/q3*-1;+3. The van der Waals surface area contributed by atoms with E-state index < -0.39 is 0 Å². The molecule has 2 aromatic carbocycles. The van der Waals surface area contributed by atoms with Crippen LogP contribution in [0.2, 0.25) is 0 Å². The molecule has 0 heterocycles. The topological polar surface area (TPSA) is 42.7 Å². The van der Waals surface area contributed by atoms with Gasteiger partial charge in [0.25, 0.3) is 0 Å². The van der Waals surface area contributed by atoms with E-state index in [0.717, 1.165) is 5.75 Å². The quantitative estimate of drug-likeness (QED) is 0.612. The smallest absolute Gasteiger partial charge is 0.693 e. The Balaban J connectivity index is 0. The number of para-hydroxylation sites is 1. The van der Waals surface area contributed by atoms with Gasteiger partial charge in [0, 0.05) is 5.75 Å². The average Bonchev–Trinajstić information content (AvgIpc) is 2.49. The Labute approximate surface area is 155 Å². The third-order valence-corrected chi connectivity index (χ3v) is 3.04. The second-order valence-electron chi connectivity index (χ2n) is 5.32. The molecule has 0 atom stereocenters. The van der Waals surface area contributed by atoms with E-state index in [-0.39, 0.29) is 32.4 Å². The molecule has 0 aliphatic carbocycles. The Morgan fingerprint density at radius 3 is 2.00 bits per heavy atom. The zero-order valence-electron chi connectivity index (χ0n) is 14.2. The number of ether oxygens (including phenoxy) is 1. The van der Waals surface area contributed by atoms with Crippen LogP contribution < -0.4 is 4.74 Å². The Morgan fingerprint density at radius 1 is 0.909 bits per heavy atom. The van der Waals surface area contributed by atoms with Crippen LogP contribution in [0.5, 0.6) is 5.75 Å². The van der Waals surface area contributed by atoms with Gasteiger partial charge in [-0.1, -0.05) is 27.7 Å². The predicted octanol–water partition coefficient (Wildman–Crippen LogP) is 5.94.